The van der Waals surface area contributed by atoms with Gasteiger partial charge in [-0.2, -0.15) is 0 Å². The predicted octanol–water partition coefficient (Wildman–Crippen LogP) is -5.58. The molecule has 66 heavy (non-hydrogen) atoms. The van der Waals surface area contributed by atoms with Gasteiger partial charge in [0.1, 0.15) is 48.3 Å². The van der Waals surface area contributed by atoms with E-state index in [-0.39, 0.29) is 31.8 Å². The number of amides is 8. The lowest BCUT2D eigenvalue weighted by Crippen LogP contribution is -2.62. The highest BCUT2D eigenvalue weighted by atomic mass is 16.4. The summed E-state index contributed by atoms with van der Waals surface area (Å²) in [7, 11) is 0. The Hall–Kier alpha value is -6.44. The van der Waals surface area contributed by atoms with Gasteiger partial charge in [0.15, 0.2) is 5.96 Å². The number of carbonyl (C=O) groups excluding carboxylic acids is 8. The van der Waals surface area contributed by atoms with E-state index >= 15 is 0 Å². The van der Waals surface area contributed by atoms with Crippen molar-refractivity contribution in [1.82, 2.24) is 37.2 Å². The Kier molecular flexibility index (Phi) is 24.8. The standard InChI is InChI=1S/C41H68N12O13/c1-19(2)29(50-35(60)26(14-15-28(43)57)48-38(63)31(21(5)55)52-33(58)24(42)18-54)37(62)47-25(13-10-16-46-41(44)45)34(59)49-27(17-23-11-8-7-9-12-23)36(61)53-32(22(6)56)39(64)51-30(20(3)4)40(65)66/h7-9,11-12,19-22,24-27,29-32,54-56H,10,13-18,42H2,1-6H3,(H2,43,57)(H,47,62)(H,48,63)(H,49,59)(H,50,60)(H,51,64)(H,52,58)(H,53,61)(H,65,66)(H4,44,45,46)/t21-,22-,24+,25+,26+,27+,29+,30+,31+,32+/m1/s1. The smallest absolute Gasteiger partial charge is 0.326 e. The van der Waals surface area contributed by atoms with E-state index in [0.717, 1.165) is 6.92 Å². The van der Waals surface area contributed by atoms with Gasteiger partial charge in [-0.15, -0.1) is 0 Å². The van der Waals surface area contributed by atoms with Crippen LogP contribution in [0.15, 0.2) is 35.3 Å². The quantitative estimate of drug-likeness (QED) is 0.0202. The van der Waals surface area contributed by atoms with Crippen LogP contribution in [0.3, 0.4) is 0 Å². The lowest BCUT2D eigenvalue weighted by atomic mass is 10.00. The number of primary amides is 1. The molecule has 0 aromatic heterocycles. The average Bonchev–Trinajstić information content (AvgIpc) is 3.23. The maximum Gasteiger partial charge on any atom is 0.326 e. The third kappa shape index (κ3) is 20.2. The summed E-state index contributed by atoms with van der Waals surface area (Å²) in [4.78, 5) is 122. The van der Waals surface area contributed by atoms with Gasteiger partial charge >= 0.3 is 5.97 Å². The first-order valence-corrected chi connectivity index (χ1v) is 21.3. The van der Waals surface area contributed by atoms with Gasteiger partial charge in [-0.05, 0) is 50.5 Å². The Morgan fingerprint density at radius 2 is 1.00 bits per heavy atom. The van der Waals surface area contributed by atoms with Crippen LogP contribution in [0.4, 0.5) is 0 Å². The molecule has 0 aliphatic carbocycles. The molecular formula is C41H68N12O13. The topological polar surface area (TPSA) is 435 Å². The highest BCUT2D eigenvalue weighted by Crippen LogP contribution is 2.11. The fourth-order valence-corrected chi connectivity index (χ4v) is 6.14. The zero-order chi connectivity index (χ0) is 50.4. The molecule has 25 nitrogen and oxygen atoms in total. The minimum atomic E-state index is -1.68. The Morgan fingerprint density at radius 3 is 1.47 bits per heavy atom. The van der Waals surface area contributed by atoms with Crippen LogP contribution >= 0.6 is 0 Å². The summed E-state index contributed by atoms with van der Waals surface area (Å²) in [5.74, 6) is -10.6. The van der Waals surface area contributed by atoms with Crippen LogP contribution in [0.1, 0.15) is 72.8 Å². The van der Waals surface area contributed by atoms with E-state index in [1.54, 1.807) is 58.0 Å². The monoisotopic (exact) mass is 937 g/mol. The number of nitrogens with zero attached hydrogens (tertiary/aromatic N) is 1. The van der Waals surface area contributed by atoms with Gasteiger partial charge in [-0.3, -0.25) is 43.3 Å². The molecule has 1 aromatic carbocycles. The molecule has 0 saturated carbocycles. The van der Waals surface area contributed by atoms with Crippen LogP contribution < -0.4 is 60.2 Å². The highest BCUT2D eigenvalue weighted by Gasteiger charge is 2.37. The number of aliphatic imine (C=N–C) groups is 1. The van der Waals surface area contributed by atoms with Crippen molar-refractivity contribution in [2.75, 3.05) is 13.2 Å². The number of carboxylic acids is 1. The summed E-state index contributed by atoms with van der Waals surface area (Å²) in [6, 6.07) is -3.71. The molecule has 370 valence electrons. The number of carboxylic acid groups (broad SMARTS) is 1. The van der Waals surface area contributed by atoms with Crippen molar-refractivity contribution in [3.05, 3.63) is 35.9 Å². The number of guanidine groups is 1. The summed E-state index contributed by atoms with van der Waals surface area (Å²) < 4.78 is 0. The van der Waals surface area contributed by atoms with E-state index in [1.165, 1.54) is 6.92 Å². The first-order chi connectivity index (χ1) is 30.8. The molecule has 0 saturated heterocycles. The Morgan fingerprint density at radius 1 is 0.576 bits per heavy atom. The largest absolute Gasteiger partial charge is 0.480 e. The van der Waals surface area contributed by atoms with E-state index in [4.69, 9.17) is 22.9 Å². The van der Waals surface area contributed by atoms with Crippen LogP contribution in [0.2, 0.25) is 0 Å². The number of aliphatic hydroxyl groups excluding tert-OH is 3. The van der Waals surface area contributed by atoms with Crippen LogP contribution in [0.25, 0.3) is 0 Å². The van der Waals surface area contributed by atoms with Gasteiger partial charge in [0, 0.05) is 19.4 Å². The van der Waals surface area contributed by atoms with Crippen molar-refractivity contribution in [2.24, 2.45) is 39.8 Å². The van der Waals surface area contributed by atoms with Gasteiger partial charge in [0.05, 0.1) is 18.8 Å². The molecule has 0 radical (unpaired) electrons. The SMILES string of the molecule is CC(C)[C@H](NC(=O)[C@@H](NC(=O)[C@H](Cc1ccccc1)NC(=O)[C@H](CCCN=C(N)N)NC(=O)[C@@H](NC(=O)[C@H](CCC(N)=O)NC(=O)[C@@H](NC(=O)[C@@H](N)CO)[C@@H](C)O)C(C)C)[C@@H](C)O)C(=O)O. The Balaban J connectivity index is 3.55. The third-order valence-corrected chi connectivity index (χ3v) is 9.94. The van der Waals surface area contributed by atoms with Crippen molar-refractivity contribution in [3.63, 3.8) is 0 Å². The third-order valence-electron chi connectivity index (χ3n) is 9.94. The zero-order valence-electron chi connectivity index (χ0n) is 38.0. The van der Waals surface area contributed by atoms with Crippen LogP contribution in [-0.4, -0.2) is 153 Å². The number of rotatable bonds is 29. The van der Waals surface area contributed by atoms with Crippen molar-refractivity contribution in [1.29, 1.82) is 0 Å². The number of nitrogens with two attached hydrogens (primary N) is 4. The summed E-state index contributed by atoms with van der Waals surface area (Å²) in [5, 5.41) is 56.5. The van der Waals surface area contributed by atoms with E-state index in [1.807, 2.05) is 0 Å². The van der Waals surface area contributed by atoms with Gasteiger partial charge in [-0.25, -0.2) is 4.79 Å². The second-order valence-electron chi connectivity index (χ2n) is 16.4. The van der Waals surface area contributed by atoms with Crippen LogP contribution in [0.5, 0.6) is 0 Å². The van der Waals surface area contributed by atoms with E-state index < -0.39 is 145 Å². The van der Waals surface area contributed by atoms with Crippen molar-refractivity contribution < 1.29 is 63.6 Å². The summed E-state index contributed by atoms with van der Waals surface area (Å²) in [6.07, 6.45) is -4.11. The van der Waals surface area contributed by atoms with Crippen molar-refractivity contribution in [3.8, 4) is 0 Å². The van der Waals surface area contributed by atoms with E-state index in [9.17, 15) is 63.6 Å². The number of hydrogen-bond acceptors (Lipinski definition) is 14. The number of aliphatic carboxylic acids is 1. The number of benzene rings is 1. The second kappa shape index (κ2) is 28.5. The van der Waals surface area contributed by atoms with Crippen molar-refractivity contribution in [2.45, 2.75) is 134 Å². The van der Waals surface area contributed by atoms with E-state index in [2.05, 4.69) is 42.2 Å². The molecule has 0 spiro atoms. The molecule has 0 fully saturated rings. The molecule has 0 bridgehead atoms. The van der Waals surface area contributed by atoms with Crippen molar-refractivity contribution >= 4 is 59.2 Å². The molecule has 0 aliphatic rings. The lowest BCUT2D eigenvalue weighted by Gasteiger charge is -2.29. The molecular weight excluding hydrogens is 869 g/mol. The number of nitrogens with one attached hydrogen (secondary N) is 7. The highest BCUT2D eigenvalue weighted by molar-refractivity contribution is 5.98. The molecule has 0 unspecified atom stereocenters. The molecule has 8 amide bonds. The van der Waals surface area contributed by atoms with Gasteiger partial charge in [-0.1, -0.05) is 58.0 Å². The molecule has 0 aliphatic heterocycles. The molecule has 1 aromatic rings. The Labute approximate surface area is 382 Å². The molecule has 25 heteroatoms. The molecule has 1 rings (SSSR count). The fourth-order valence-electron chi connectivity index (χ4n) is 6.14. The first kappa shape index (κ1) is 57.6. The summed E-state index contributed by atoms with van der Waals surface area (Å²) in [5.41, 5.74) is 22.3. The predicted molar refractivity (Wildman–Crippen MR) is 238 cm³/mol. The average molecular weight is 937 g/mol. The first-order valence-electron chi connectivity index (χ1n) is 21.3. The van der Waals surface area contributed by atoms with Crippen LogP contribution in [-0.2, 0) is 49.6 Å². The molecule has 19 N–H and O–H groups in total. The van der Waals surface area contributed by atoms with Gasteiger partial charge < -0.3 is 80.6 Å². The maximum absolute atomic E-state index is 14.2. The zero-order valence-corrected chi connectivity index (χ0v) is 38.0. The van der Waals surface area contributed by atoms with Gasteiger partial charge in [0.2, 0.25) is 47.3 Å². The number of hydrogen-bond donors (Lipinski definition) is 15. The summed E-state index contributed by atoms with van der Waals surface area (Å²) >= 11 is 0. The van der Waals surface area contributed by atoms with Crippen LogP contribution in [0, 0.1) is 11.8 Å². The second-order valence-corrected chi connectivity index (χ2v) is 16.4. The number of carbonyl (C=O) groups is 9. The lowest BCUT2D eigenvalue weighted by molar-refractivity contribution is -0.144. The normalized spacial score (nSPS) is 15.7. The maximum atomic E-state index is 14.2. The van der Waals surface area contributed by atoms with E-state index in [0.29, 0.717) is 5.56 Å². The Bertz CT molecular complexity index is 1840. The minimum absolute atomic E-state index is 0.000234. The summed E-state index contributed by atoms with van der Waals surface area (Å²) in [6.45, 7) is 7.76. The number of aliphatic hydroxyl groups is 3. The minimum Gasteiger partial charge on any atom is -0.480 e. The van der Waals surface area contributed by atoms with Gasteiger partial charge in [0.25, 0.3) is 0 Å². The fraction of sp³-hybridized carbons (Fsp3) is 0.610. The molecule has 0 heterocycles. The molecule has 10 atom stereocenters.